The van der Waals surface area contributed by atoms with Crippen molar-refractivity contribution in [3.63, 3.8) is 0 Å². The van der Waals surface area contributed by atoms with Gasteiger partial charge in [-0.2, -0.15) is 0 Å². The van der Waals surface area contributed by atoms with Crippen molar-refractivity contribution in [3.8, 4) is 5.69 Å². The number of imidazole rings is 1. The zero-order chi connectivity index (χ0) is 12.3. The number of hydrogen-bond donors (Lipinski definition) is 1. The number of para-hydroxylation sites is 1. The Balaban J connectivity index is 2.19. The third-order valence-electron chi connectivity index (χ3n) is 2.29. The van der Waals surface area contributed by atoms with E-state index in [-0.39, 0.29) is 11.9 Å². The summed E-state index contributed by atoms with van der Waals surface area (Å²) in [5, 5.41) is 2.81. The Morgan fingerprint density at radius 2 is 2.00 bits per heavy atom. The largest absolute Gasteiger partial charge is 0.348 e. The molecule has 88 valence electrons. The van der Waals surface area contributed by atoms with Gasteiger partial charge in [-0.3, -0.25) is 4.79 Å². The number of hydrogen-bond acceptors (Lipinski definition) is 2. The molecule has 1 aromatic heterocycles. The van der Waals surface area contributed by atoms with Crippen LogP contribution in [0.1, 0.15) is 24.3 Å². The number of carbonyl (C=O) groups is 1. The molecule has 1 N–H and O–H groups in total. The Morgan fingerprint density at radius 3 is 2.65 bits per heavy atom. The number of nitrogens with zero attached hydrogens (tertiary/aromatic N) is 2. The van der Waals surface area contributed by atoms with Gasteiger partial charge in [-0.15, -0.1) is 0 Å². The Bertz CT molecular complexity index is 502. The van der Waals surface area contributed by atoms with Crippen LogP contribution in [0.3, 0.4) is 0 Å². The van der Waals surface area contributed by atoms with Crippen molar-refractivity contribution >= 4 is 5.91 Å². The first-order valence-corrected chi connectivity index (χ1v) is 5.57. The van der Waals surface area contributed by atoms with E-state index in [1.165, 1.54) is 0 Å². The monoisotopic (exact) mass is 229 g/mol. The molecule has 0 unspecified atom stereocenters. The molecular formula is C13H15N3O. The smallest absolute Gasteiger partial charge is 0.271 e. The van der Waals surface area contributed by atoms with Gasteiger partial charge in [0.05, 0.1) is 0 Å². The van der Waals surface area contributed by atoms with Crippen molar-refractivity contribution in [3.05, 3.63) is 48.5 Å². The zero-order valence-corrected chi connectivity index (χ0v) is 9.92. The molecule has 0 atom stereocenters. The average molecular weight is 229 g/mol. The van der Waals surface area contributed by atoms with E-state index in [0.717, 1.165) is 5.69 Å². The summed E-state index contributed by atoms with van der Waals surface area (Å²) in [7, 11) is 0. The van der Waals surface area contributed by atoms with Crippen LogP contribution in [0.5, 0.6) is 0 Å². The molecule has 1 heterocycles. The first-order chi connectivity index (χ1) is 8.16. The average Bonchev–Trinajstić information content (AvgIpc) is 2.78. The lowest BCUT2D eigenvalue weighted by Gasteiger charge is -2.05. The summed E-state index contributed by atoms with van der Waals surface area (Å²) in [6.07, 6.45) is 3.37. The predicted molar refractivity (Wildman–Crippen MR) is 66.2 cm³/mol. The van der Waals surface area contributed by atoms with Gasteiger partial charge in [0, 0.05) is 17.9 Å². The van der Waals surface area contributed by atoms with Gasteiger partial charge in [-0.1, -0.05) is 18.2 Å². The maximum Gasteiger partial charge on any atom is 0.271 e. The third kappa shape index (κ3) is 2.72. The second kappa shape index (κ2) is 4.82. The molecule has 2 aromatic rings. The molecule has 4 nitrogen and oxygen atoms in total. The summed E-state index contributed by atoms with van der Waals surface area (Å²) < 4.78 is 1.83. The van der Waals surface area contributed by atoms with Gasteiger partial charge < -0.3 is 9.88 Å². The highest BCUT2D eigenvalue weighted by Gasteiger charge is 2.10. The molecule has 0 saturated heterocycles. The van der Waals surface area contributed by atoms with Gasteiger partial charge in [0.1, 0.15) is 12.0 Å². The van der Waals surface area contributed by atoms with Gasteiger partial charge in [-0.25, -0.2) is 4.98 Å². The van der Waals surface area contributed by atoms with E-state index in [9.17, 15) is 4.79 Å². The molecule has 0 saturated carbocycles. The van der Waals surface area contributed by atoms with Crippen molar-refractivity contribution in [2.45, 2.75) is 19.9 Å². The minimum atomic E-state index is -0.144. The molecule has 17 heavy (non-hydrogen) atoms. The minimum Gasteiger partial charge on any atom is -0.348 e. The fourth-order valence-electron chi connectivity index (χ4n) is 1.52. The molecule has 2 rings (SSSR count). The normalized spacial score (nSPS) is 10.5. The lowest BCUT2D eigenvalue weighted by Crippen LogP contribution is -2.30. The van der Waals surface area contributed by atoms with E-state index in [0.29, 0.717) is 5.69 Å². The Kier molecular flexibility index (Phi) is 3.23. The Hall–Kier alpha value is -2.10. The molecule has 0 fully saturated rings. The second-order valence-electron chi connectivity index (χ2n) is 4.13. The van der Waals surface area contributed by atoms with E-state index < -0.39 is 0 Å². The van der Waals surface area contributed by atoms with Crippen molar-refractivity contribution in [2.75, 3.05) is 0 Å². The molecule has 0 radical (unpaired) electrons. The SMILES string of the molecule is CC(C)NC(=O)c1cn(-c2ccccc2)cn1. The summed E-state index contributed by atoms with van der Waals surface area (Å²) in [6.45, 7) is 3.85. The Morgan fingerprint density at radius 1 is 1.29 bits per heavy atom. The number of aromatic nitrogens is 2. The lowest BCUT2D eigenvalue weighted by molar-refractivity contribution is 0.0938. The van der Waals surface area contributed by atoms with Crippen molar-refractivity contribution in [1.82, 2.24) is 14.9 Å². The molecule has 0 aliphatic rings. The molecule has 0 spiro atoms. The van der Waals surface area contributed by atoms with E-state index in [4.69, 9.17) is 0 Å². The van der Waals surface area contributed by atoms with Gasteiger partial charge in [0.25, 0.3) is 5.91 Å². The molecule has 1 amide bonds. The van der Waals surface area contributed by atoms with E-state index in [1.54, 1.807) is 12.5 Å². The van der Waals surface area contributed by atoms with Crippen LogP contribution in [-0.4, -0.2) is 21.5 Å². The fourth-order valence-corrected chi connectivity index (χ4v) is 1.52. The zero-order valence-electron chi connectivity index (χ0n) is 9.92. The van der Waals surface area contributed by atoms with Crippen molar-refractivity contribution < 1.29 is 4.79 Å². The lowest BCUT2D eigenvalue weighted by atomic mass is 10.3. The van der Waals surface area contributed by atoms with E-state index in [1.807, 2.05) is 48.7 Å². The van der Waals surface area contributed by atoms with E-state index in [2.05, 4.69) is 10.3 Å². The maximum absolute atomic E-state index is 11.7. The van der Waals surface area contributed by atoms with Gasteiger partial charge >= 0.3 is 0 Å². The van der Waals surface area contributed by atoms with Crippen LogP contribution in [0, 0.1) is 0 Å². The highest BCUT2D eigenvalue weighted by atomic mass is 16.1. The van der Waals surface area contributed by atoms with Gasteiger partial charge in [0.2, 0.25) is 0 Å². The van der Waals surface area contributed by atoms with Crippen LogP contribution in [0.15, 0.2) is 42.9 Å². The topological polar surface area (TPSA) is 46.9 Å². The second-order valence-corrected chi connectivity index (χ2v) is 4.13. The molecular weight excluding hydrogens is 214 g/mol. The first kappa shape index (κ1) is 11.4. The number of amides is 1. The molecule has 0 aliphatic heterocycles. The number of nitrogens with one attached hydrogen (secondary N) is 1. The van der Waals surface area contributed by atoms with E-state index >= 15 is 0 Å². The first-order valence-electron chi connectivity index (χ1n) is 5.57. The molecule has 0 bridgehead atoms. The summed E-state index contributed by atoms with van der Waals surface area (Å²) >= 11 is 0. The molecule has 4 heteroatoms. The fraction of sp³-hybridized carbons (Fsp3) is 0.231. The number of rotatable bonds is 3. The quantitative estimate of drug-likeness (QED) is 0.875. The number of carbonyl (C=O) groups excluding carboxylic acids is 1. The Labute approximate surface area is 100 Å². The molecule has 0 aliphatic carbocycles. The minimum absolute atomic E-state index is 0.115. The van der Waals surface area contributed by atoms with Gasteiger partial charge in [-0.05, 0) is 26.0 Å². The van der Waals surface area contributed by atoms with Crippen LogP contribution in [-0.2, 0) is 0 Å². The summed E-state index contributed by atoms with van der Waals surface area (Å²) in [4.78, 5) is 15.8. The standard InChI is InChI=1S/C13H15N3O/c1-10(2)15-13(17)12-8-16(9-14-12)11-6-4-3-5-7-11/h3-10H,1-2H3,(H,15,17). The van der Waals surface area contributed by atoms with Crippen LogP contribution in [0.4, 0.5) is 0 Å². The predicted octanol–water partition coefficient (Wildman–Crippen LogP) is 2.01. The number of benzene rings is 1. The van der Waals surface area contributed by atoms with Gasteiger partial charge in [0.15, 0.2) is 0 Å². The van der Waals surface area contributed by atoms with Crippen LogP contribution in [0.2, 0.25) is 0 Å². The highest BCUT2D eigenvalue weighted by Crippen LogP contribution is 2.07. The summed E-state index contributed by atoms with van der Waals surface area (Å²) in [6, 6.07) is 9.89. The highest BCUT2D eigenvalue weighted by molar-refractivity contribution is 5.92. The van der Waals surface area contributed by atoms with Crippen LogP contribution >= 0.6 is 0 Å². The third-order valence-corrected chi connectivity index (χ3v) is 2.29. The summed E-state index contributed by atoms with van der Waals surface area (Å²) in [5.41, 5.74) is 1.42. The summed E-state index contributed by atoms with van der Waals surface area (Å²) in [5.74, 6) is -0.144. The van der Waals surface area contributed by atoms with Crippen LogP contribution < -0.4 is 5.32 Å². The maximum atomic E-state index is 11.7. The van der Waals surface area contributed by atoms with Crippen LogP contribution in [0.25, 0.3) is 5.69 Å². The van der Waals surface area contributed by atoms with Crippen molar-refractivity contribution in [2.24, 2.45) is 0 Å². The van der Waals surface area contributed by atoms with Crippen molar-refractivity contribution in [1.29, 1.82) is 0 Å². The molecule has 1 aromatic carbocycles.